The molecule has 2 N–H and O–H groups in total. The van der Waals surface area contributed by atoms with E-state index >= 15 is 0 Å². The molecule has 0 heterocycles. The average molecular weight is 426 g/mol. The van der Waals surface area contributed by atoms with Crippen LogP contribution in [0.25, 0.3) is 0 Å². The first-order valence-electron chi connectivity index (χ1n) is 10.5. The third-order valence-electron chi connectivity index (χ3n) is 4.51. The van der Waals surface area contributed by atoms with Crippen LogP contribution in [0.3, 0.4) is 0 Å². The van der Waals surface area contributed by atoms with Gasteiger partial charge in [0.15, 0.2) is 0 Å². The molecule has 0 fully saturated rings. The third kappa shape index (κ3) is 9.99. The Labute approximate surface area is 180 Å². The average Bonchev–Trinajstić information content (AvgIpc) is 2.68. The van der Waals surface area contributed by atoms with Gasteiger partial charge in [-0.2, -0.15) is 0 Å². The van der Waals surface area contributed by atoms with Crippen LogP contribution in [0.5, 0.6) is 5.75 Å². The number of unbranched alkanes of at least 4 members (excludes halogenated alkanes) is 3. The Morgan fingerprint density at radius 1 is 1.14 bits per heavy atom. The summed E-state index contributed by atoms with van der Waals surface area (Å²) in [4.78, 5) is 27.0. The van der Waals surface area contributed by atoms with Gasteiger partial charge in [-0.25, -0.2) is 0 Å². The minimum atomic E-state index is -0.567. The number of benzene rings is 1. The predicted octanol–water partition coefficient (Wildman–Crippen LogP) is 3.88. The van der Waals surface area contributed by atoms with E-state index in [0.717, 1.165) is 25.8 Å². The number of hydrogen-bond acceptors (Lipinski definition) is 4. The van der Waals surface area contributed by atoms with E-state index in [0.29, 0.717) is 35.9 Å². The first kappa shape index (κ1) is 25.2. The number of likely N-dealkylation sites (N-methyl/N-ethyl adjacent to an activating group) is 1. The number of hydrogen-bond donors (Lipinski definition) is 2. The molecule has 0 radical (unpaired) electrons. The molecule has 0 unspecified atom stereocenters. The Hall–Kier alpha value is -1.79. The minimum absolute atomic E-state index is 0.167. The lowest BCUT2D eigenvalue weighted by Crippen LogP contribution is -2.47. The van der Waals surface area contributed by atoms with E-state index in [1.54, 1.807) is 18.2 Å². The van der Waals surface area contributed by atoms with Crippen LogP contribution in [0, 0.1) is 0 Å². The predicted molar refractivity (Wildman–Crippen MR) is 119 cm³/mol. The first-order chi connectivity index (χ1) is 13.9. The molecule has 7 heteroatoms. The zero-order valence-electron chi connectivity index (χ0n) is 18.2. The van der Waals surface area contributed by atoms with Crippen molar-refractivity contribution in [1.29, 1.82) is 0 Å². The Kier molecular flexibility index (Phi) is 12.4. The highest BCUT2D eigenvalue weighted by atomic mass is 35.5. The normalized spacial score (nSPS) is 11.9. The summed E-state index contributed by atoms with van der Waals surface area (Å²) >= 11 is 6.28. The van der Waals surface area contributed by atoms with Gasteiger partial charge in [-0.3, -0.25) is 9.59 Å². The van der Waals surface area contributed by atoms with Gasteiger partial charge in [0, 0.05) is 18.7 Å². The summed E-state index contributed by atoms with van der Waals surface area (Å²) in [6.07, 6.45) is 5.84. The SMILES string of the molecule is CCCCCCOc1ccc(C(=O)N[C@@H](CCC)C(=O)NCCN(C)C)cc1Cl. The monoisotopic (exact) mass is 425 g/mol. The molecular formula is C22H36ClN3O3. The Bertz CT molecular complexity index is 638. The molecule has 0 aromatic heterocycles. The molecule has 0 spiro atoms. The number of rotatable bonds is 14. The fourth-order valence-corrected chi connectivity index (χ4v) is 3.03. The highest BCUT2D eigenvalue weighted by molar-refractivity contribution is 6.32. The van der Waals surface area contributed by atoms with E-state index < -0.39 is 6.04 Å². The minimum Gasteiger partial charge on any atom is -0.492 e. The topological polar surface area (TPSA) is 70.7 Å². The summed E-state index contributed by atoms with van der Waals surface area (Å²) < 4.78 is 5.71. The van der Waals surface area contributed by atoms with Crippen LogP contribution < -0.4 is 15.4 Å². The van der Waals surface area contributed by atoms with Crippen molar-refractivity contribution in [3.63, 3.8) is 0 Å². The molecule has 6 nitrogen and oxygen atoms in total. The van der Waals surface area contributed by atoms with Gasteiger partial charge in [0.25, 0.3) is 5.91 Å². The lowest BCUT2D eigenvalue weighted by molar-refractivity contribution is -0.123. The van der Waals surface area contributed by atoms with Gasteiger partial charge in [0.1, 0.15) is 11.8 Å². The second-order valence-corrected chi connectivity index (χ2v) is 7.87. The van der Waals surface area contributed by atoms with E-state index in [2.05, 4.69) is 17.6 Å². The maximum absolute atomic E-state index is 12.6. The Morgan fingerprint density at radius 2 is 1.90 bits per heavy atom. The third-order valence-corrected chi connectivity index (χ3v) is 4.80. The van der Waals surface area contributed by atoms with Gasteiger partial charge < -0.3 is 20.3 Å². The van der Waals surface area contributed by atoms with Crippen molar-refractivity contribution < 1.29 is 14.3 Å². The summed E-state index contributed by atoms with van der Waals surface area (Å²) in [7, 11) is 3.89. The van der Waals surface area contributed by atoms with Crippen molar-refractivity contribution in [2.75, 3.05) is 33.8 Å². The second-order valence-electron chi connectivity index (χ2n) is 7.46. The van der Waals surface area contributed by atoms with Crippen molar-refractivity contribution in [3.05, 3.63) is 28.8 Å². The number of halogens is 1. The number of ether oxygens (including phenoxy) is 1. The lowest BCUT2D eigenvalue weighted by atomic mass is 10.1. The van der Waals surface area contributed by atoms with E-state index in [1.807, 2.05) is 25.9 Å². The van der Waals surface area contributed by atoms with E-state index in [4.69, 9.17) is 16.3 Å². The molecule has 1 atom stereocenters. The zero-order chi connectivity index (χ0) is 21.6. The molecule has 29 heavy (non-hydrogen) atoms. The Morgan fingerprint density at radius 3 is 2.52 bits per heavy atom. The number of nitrogens with one attached hydrogen (secondary N) is 2. The largest absolute Gasteiger partial charge is 0.492 e. The van der Waals surface area contributed by atoms with Gasteiger partial charge in [0.2, 0.25) is 5.91 Å². The smallest absolute Gasteiger partial charge is 0.251 e. The summed E-state index contributed by atoms with van der Waals surface area (Å²) in [5, 5.41) is 6.09. The molecule has 0 aliphatic rings. The van der Waals surface area contributed by atoms with Crippen molar-refractivity contribution in [2.45, 2.75) is 58.4 Å². The molecule has 0 aliphatic carbocycles. The van der Waals surface area contributed by atoms with E-state index in [-0.39, 0.29) is 11.8 Å². The van der Waals surface area contributed by atoms with Crippen LogP contribution >= 0.6 is 11.6 Å². The molecule has 0 saturated heterocycles. The van der Waals surface area contributed by atoms with Crippen LogP contribution in [0.4, 0.5) is 0 Å². The second kappa shape index (κ2) is 14.2. The lowest BCUT2D eigenvalue weighted by Gasteiger charge is -2.19. The number of amides is 2. The summed E-state index contributed by atoms with van der Waals surface area (Å²) in [5.74, 6) is 0.0917. The van der Waals surface area contributed by atoms with Crippen LogP contribution in [-0.2, 0) is 4.79 Å². The first-order valence-corrected chi connectivity index (χ1v) is 10.9. The van der Waals surface area contributed by atoms with Gasteiger partial charge in [-0.05, 0) is 45.1 Å². The number of carbonyl (C=O) groups excluding carboxylic acids is 2. The van der Waals surface area contributed by atoms with Crippen LogP contribution in [-0.4, -0.2) is 56.5 Å². The molecule has 0 aliphatic heterocycles. The molecule has 2 amide bonds. The molecular weight excluding hydrogens is 390 g/mol. The fourth-order valence-electron chi connectivity index (χ4n) is 2.80. The Balaban J connectivity index is 2.63. The van der Waals surface area contributed by atoms with E-state index in [1.165, 1.54) is 12.8 Å². The molecule has 1 aromatic rings. The number of carbonyl (C=O) groups is 2. The molecule has 164 valence electrons. The van der Waals surface area contributed by atoms with Crippen LogP contribution in [0.1, 0.15) is 62.7 Å². The maximum Gasteiger partial charge on any atom is 0.251 e. The van der Waals surface area contributed by atoms with Gasteiger partial charge in [-0.1, -0.05) is 51.1 Å². The van der Waals surface area contributed by atoms with Gasteiger partial charge in [-0.15, -0.1) is 0 Å². The molecule has 1 rings (SSSR count). The summed E-state index contributed by atoms with van der Waals surface area (Å²) in [6.45, 7) is 6.04. The van der Waals surface area contributed by atoms with Crippen molar-refractivity contribution in [1.82, 2.24) is 15.5 Å². The van der Waals surface area contributed by atoms with Crippen LogP contribution in [0.2, 0.25) is 5.02 Å². The molecule has 1 aromatic carbocycles. The maximum atomic E-state index is 12.6. The van der Waals surface area contributed by atoms with Crippen molar-refractivity contribution in [3.8, 4) is 5.75 Å². The molecule has 0 saturated carbocycles. The summed E-state index contributed by atoms with van der Waals surface area (Å²) in [5.41, 5.74) is 0.413. The standard InChI is InChI=1S/C22H36ClN3O3/c1-5-7-8-9-15-29-20-12-11-17(16-18(20)23)21(27)25-19(10-6-2)22(28)24-13-14-26(3)4/h11-12,16,19H,5-10,13-15H2,1-4H3,(H,24,28)(H,25,27)/t19-/m0/s1. The highest BCUT2D eigenvalue weighted by Gasteiger charge is 2.21. The zero-order valence-corrected chi connectivity index (χ0v) is 19.0. The van der Waals surface area contributed by atoms with Gasteiger partial charge in [0.05, 0.1) is 11.6 Å². The quantitative estimate of drug-likeness (QED) is 0.444. The fraction of sp³-hybridized carbons (Fsp3) is 0.636. The highest BCUT2D eigenvalue weighted by Crippen LogP contribution is 2.26. The molecule has 0 bridgehead atoms. The van der Waals surface area contributed by atoms with Crippen molar-refractivity contribution in [2.24, 2.45) is 0 Å². The van der Waals surface area contributed by atoms with E-state index in [9.17, 15) is 9.59 Å². The van der Waals surface area contributed by atoms with Crippen molar-refractivity contribution >= 4 is 23.4 Å². The number of nitrogens with zero attached hydrogens (tertiary/aromatic N) is 1. The van der Waals surface area contributed by atoms with Gasteiger partial charge >= 0.3 is 0 Å². The van der Waals surface area contributed by atoms with Crippen LogP contribution in [0.15, 0.2) is 18.2 Å². The summed E-state index contributed by atoms with van der Waals surface area (Å²) in [6, 6.07) is 4.41.